The van der Waals surface area contributed by atoms with Crippen LogP contribution in [0.4, 0.5) is 10.1 Å². The molecule has 1 saturated heterocycles. The Morgan fingerprint density at radius 3 is 2.30 bits per heavy atom. The van der Waals surface area contributed by atoms with Gasteiger partial charge in [0.1, 0.15) is 5.82 Å². The molecular formula is C20H23FN2. The summed E-state index contributed by atoms with van der Waals surface area (Å²) in [6.45, 7) is 6.83. The molecule has 0 saturated carbocycles. The van der Waals surface area contributed by atoms with Gasteiger partial charge in [-0.05, 0) is 24.6 Å². The average Bonchev–Trinajstić information content (AvgIpc) is 2.57. The molecule has 0 spiro atoms. The third kappa shape index (κ3) is 4.20. The fraction of sp³-hybridized carbons (Fsp3) is 0.300. The van der Waals surface area contributed by atoms with Crippen molar-refractivity contribution in [2.24, 2.45) is 0 Å². The van der Waals surface area contributed by atoms with Gasteiger partial charge in [-0.25, -0.2) is 4.39 Å². The lowest BCUT2D eigenvalue weighted by Crippen LogP contribution is -2.47. The minimum atomic E-state index is -0.124. The molecule has 0 aromatic heterocycles. The first-order valence-corrected chi connectivity index (χ1v) is 8.16. The number of rotatable bonds is 4. The highest BCUT2D eigenvalue weighted by Gasteiger charge is 2.19. The molecule has 0 amide bonds. The summed E-state index contributed by atoms with van der Waals surface area (Å²) in [5.74, 6) is -0.124. The molecule has 1 aliphatic rings. The van der Waals surface area contributed by atoms with Gasteiger partial charge in [0, 0.05) is 32.7 Å². The van der Waals surface area contributed by atoms with Gasteiger partial charge in [0.15, 0.2) is 0 Å². The lowest BCUT2D eigenvalue weighted by atomic mass is 10.1. The highest BCUT2D eigenvalue weighted by molar-refractivity contribution is 5.52. The number of para-hydroxylation sites is 1. The van der Waals surface area contributed by atoms with E-state index in [2.05, 4.69) is 47.1 Å². The van der Waals surface area contributed by atoms with Crippen molar-refractivity contribution < 1.29 is 4.39 Å². The first kappa shape index (κ1) is 15.8. The molecule has 1 aliphatic heterocycles. The molecule has 2 aromatic carbocycles. The lowest BCUT2D eigenvalue weighted by molar-refractivity contribution is 0.278. The summed E-state index contributed by atoms with van der Waals surface area (Å²) in [7, 11) is 0. The number of hydrogen-bond donors (Lipinski definition) is 0. The minimum absolute atomic E-state index is 0.124. The Morgan fingerprint density at radius 2 is 1.61 bits per heavy atom. The van der Waals surface area contributed by atoms with Crippen LogP contribution < -0.4 is 4.90 Å². The third-order valence-corrected chi connectivity index (χ3v) is 4.25. The van der Waals surface area contributed by atoms with Crippen LogP contribution in [0.25, 0.3) is 6.08 Å². The summed E-state index contributed by atoms with van der Waals surface area (Å²) < 4.78 is 13.9. The predicted octanol–water partition coefficient (Wildman–Crippen LogP) is 4.05. The molecule has 120 valence electrons. The normalized spacial score (nSPS) is 16.6. The molecule has 1 heterocycles. The molecule has 0 aliphatic carbocycles. The Hall–Kier alpha value is -2.13. The zero-order valence-corrected chi connectivity index (χ0v) is 13.6. The maximum atomic E-state index is 13.9. The van der Waals surface area contributed by atoms with Crippen LogP contribution in [-0.2, 0) is 0 Å². The van der Waals surface area contributed by atoms with E-state index in [9.17, 15) is 4.39 Å². The Kier molecular flexibility index (Phi) is 5.09. The van der Waals surface area contributed by atoms with E-state index in [0.717, 1.165) is 38.4 Å². The quantitative estimate of drug-likeness (QED) is 0.840. The molecule has 1 fully saturated rings. The van der Waals surface area contributed by atoms with Crippen molar-refractivity contribution in [3.63, 3.8) is 0 Å². The molecule has 0 unspecified atom stereocenters. The summed E-state index contributed by atoms with van der Waals surface area (Å²) >= 11 is 0. The zero-order chi connectivity index (χ0) is 16.1. The maximum absolute atomic E-state index is 13.9. The smallest absolute Gasteiger partial charge is 0.146 e. The molecule has 3 heteroatoms. The number of halogens is 1. The van der Waals surface area contributed by atoms with E-state index in [1.807, 2.05) is 18.2 Å². The zero-order valence-electron chi connectivity index (χ0n) is 13.6. The lowest BCUT2D eigenvalue weighted by Gasteiger charge is -2.36. The molecule has 0 N–H and O–H groups in total. The van der Waals surface area contributed by atoms with E-state index in [4.69, 9.17) is 0 Å². The first-order chi connectivity index (χ1) is 11.2. The van der Waals surface area contributed by atoms with Crippen LogP contribution >= 0.6 is 0 Å². The van der Waals surface area contributed by atoms with Crippen molar-refractivity contribution >= 4 is 11.8 Å². The van der Waals surface area contributed by atoms with Gasteiger partial charge >= 0.3 is 0 Å². The number of benzene rings is 2. The highest BCUT2D eigenvalue weighted by Crippen LogP contribution is 2.20. The second-order valence-electron chi connectivity index (χ2n) is 6.12. The Labute approximate surface area is 137 Å². The van der Waals surface area contributed by atoms with Crippen molar-refractivity contribution in [1.82, 2.24) is 4.90 Å². The standard InChI is InChI=1S/C20H23FN2/c1-17(15-18-7-3-2-4-8-18)16-22-11-13-23(14-12-22)20-10-6-5-9-19(20)21/h2-10,15H,11-14,16H2,1H3. The Morgan fingerprint density at radius 1 is 0.957 bits per heavy atom. The second kappa shape index (κ2) is 7.42. The van der Waals surface area contributed by atoms with Crippen LogP contribution in [0.1, 0.15) is 12.5 Å². The van der Waals surface area contributed by atoms with E-state index in [1.54, 1.807) is 6.07 Å². The molecule has 2 nitrogen and oxygen atoms in total. The fourth-order valence-electron chi connectivity index (χ4n) is 3.09. The van der Waals surface area contributed by atoms with E-state index in [-0.39, 0.29) is 5.82 Å². The maximum Gasteiger partial charge on any atom is 0.146 e. The summed E-state index contributed by atoms with van der Waals surface area (Å²) in [6.07, 6.45) is 2.24. The van der Waals surface area contributed by atoms with Crippen molar-refractivity contribution in [3.05, 3.63) is 71.6 Å². The van der Waals surface area contributed by atoms with Gasteiger partial charge in [0.2, 0.25) is 0 Å². The molecule has 23 heavy (non-hydrogen) atoms. The van der Waals surface area contributed by atoms with Crippen LogP contribution in [0.2, 0.25) is 0 Å². The number of piperazine rings is 1. The van der Waals surface area contributed by atoms with Gasteiger partial charge in [0.05, 0.1) is 5.69 Å². The monoisotopic (exact) mass is 310 g/mol. The summed E-state index contributed by atoms with van der Waals surface area (Å²) in [5, 5.41) is 0. The van der Waals surface area contributed by atoms with E-state index in [0.29, 0.717) is 0 Å². The number of nitrogens with zero attached hydrogens (tertiary/aromatic N) is 2. The minimum Gasteiger partial charge on any atom is -0.367 e. The van der Waals surface area contributed by atoms with Crippen LogP contribution in [0.5, 0.6) is 0 Å². The Bertz CT molecular complexity index is 658. The van der Waals surface area contributed by atoms with E-state index >= 15 is 0 Å². The van der Waals surface area contributed by atoms with Gasteiger partial charge in [-0.1, -0.05) is 54.1 Å². The average molecular weight is 310 g/mol. The van der Waals surface area contributed by atoms with Crippen LogP contribution in [0.15, 0.2) is 60.2 Å². The molecule has 3 rings (SSSR count). The van der Waals surface area contributed by atoms with Crippen LogP contribution in [0, 0.1) is 5.82 Å². The van der Waals surface area contributed by atoms with Crippen molar-refractivity contribution in [2.75, 3.05) is 37.6 Å². The molecule has 2 aromatic rings. The van der Waals surface area contributed by atoms with Gasteiger partial charge in [0.25, 0.3) is 0 Å². The van der Waals surface area contributed by atoms with Gasteiger partial charge in [-0.15, -0.1) is 0 Å². The molecular weight excluding hydrogens is 287 g/mol. The van der Waals surface area contributed by atoms with Gasteiger partial charge in [-0.2, -0.15) is 0 Å². The third-order valence-electron chi connectivity index (χ3n) is 4.25. The second-order valence-corrected chi connectivity index (χ2v) is 6.12. The molecule has 0 bridgehead atoms. The van der Waals surface area contributed by atoms with Crippen molar-refractivity contribution in [3.8, 4) is 0 Å². The van der Waals surface area contributed by atoms with Crippen molar-refractivity contribution in [1.29, 1.82) is 0 Å². The van der Waals surface area contributed by atoms with Crippen LogP contribution in [-0.4, -0.2) is 37.6 Å². The topological polar surface area (TPSA) is 6.48 Å². The number of anilines is 1. The first-order valence-electron chi connectivity index (χ1n) is 8.16. The summed E-state index contributed by atoms with van der Waals surface area (Å²) in [5.41, 5.74) is 3.33. The van der Waals surface area contributed by atoms with Crippen molar-refractivity contribution in [2.45, 2.75) is 6.92 Å². The van der Waals surface area contributed by atoms with E-state index < -0.39 is 0 Å². The fourth-order valence-corrected chi connectivity index (χ4v) is 3.09. The van der Waals surface area contributed by atoms with Crippen LogP contribution in [0.3, 0.4) is 0 Å². The predicted molar refractivity (Wildman–Crippen MR) is 95.1 cm³/mol. The van der Waals surface area contributed by atoms with E-state index in [1.165, 1.54) is 17.2 Å². The number of hydrogen-bond acceptors (Lipinski definition) is 2. The van der Waals surface area contributed by atoms with Gasteiger partial charge < -0.3 is 4.90 Å². The largest absolute Gasteiger partial charge is 0.367 e. The Balaban J connectivity index is 1.55. The summed E-state index contributed by atoms with van der Waals surface area (Å²) in [6, 6.07) is 17.5. The summed E-state index contributed by atoms with van der Waals surface area (Å²) in [4.78, 5) is 4.58. The molecule has 0 radical (unpaired) electrons. The molecule has 0 atom stereocenters. The highest BCUT2D eigenvalue weighted by atomic mass is 19.1. The van der Waals surface area contributed by atoms with Gasteiger partial charge in [-0.3, -0.25) is 4.90 Å². The SMILES string of the molecule is CC(=Cc1ccccc1)CN1CCN(c2ccccc2F)CC1.